The minimum atomic E-state index is -3.83. The zero-order valence-corrected chi connectivity index (χ0v) is 19.5. The van der Waals surface area contributed by atoms with Gasteiger partial charge in [-0.25, -0.2) is 4.79 Å². The number of rotatable bonds is 6. The maximum absolute atomic E-state index is 12.6. The van der Waals surface area contributed by atoms with E-state index < -0.39 is 16.0 Å². The van der Waals surface area contributed by atoms with Gasteiger partial charge in [-0.1, -0.05) is 59.6 Å². The van der Waals surface area contributed by atoms with E-state index in [-0.39, 0.29) is 23.9 Å². The third kappa shape index (κ3) is 5.27. The number of hydrogen-bond acceptors (Lipinski definition) is 5. The molecule has 3 aromatic carbocycles. The Morgan fingerprint density at radius 3 is 2.55 bits per heavy atom. The molecule has 0 N–H and O–H groups in total. The predicted molar refractivity (Wildman–Crippen MR) is 130 cm³/mol. The van der Waals surface area contributed by atoms with Crippen molar-refractivity contribution in [2.75, 3.05) is 18.1 Å². The predicted octanol–water partition coefficient (Wildman–Crippen LogP) is 5.21. The van der Waals surface area contributed by atoms with E-state index >= 15 is 0 Å². The first kappa shape index (κ1) is 23.0. The number of nitrogens with zero attached hydrogens (tertiary/aromatic N) is 2. The summed E-state index contributed by atoms with van der Waals surface area (Å²) in [6.07, 6.45) is 2.91. The van der Waals surface area contributed by atoms with Gasteiger partial charge in [0.25, 0.3) is 10.0 Å². The van der Waals surface area contributed by atoms with E-state index in [2.05, 4.69) is 4.40 Å². The highest BCUT2D eigenvalue weighted by Gasteiger charge is 2.32. The van der Waals surface area contributed by atoms with E-state index in [1.807, 2.05) is 6.07 Å². The summed E-state index contributed by atoms with van der Waals surface area (Å²) in [7, 11) is -3.83. The topological polar surface area (TPSA) is 76.0 Å². The van der Waals surface area contributed by atoms with Crippen molar-refractivity contribution in [2.24, 2.45) is 4.40 Å². The number of anilines is 1. The van der Waals surface area contributed by atoms with E-state index in [0.29, 0.717) is 21.3 Å². The average molecular weight is 501 g/mol. The molecule has 0 unspecified atom stereocenters. The van der Waals surface area contributed by atoms with Crippen LogP contribution < -0.4 is 4.90 Å². The molecule has 1 aliphatic heterocycles. The molecule has 3 aromatic rings. The van der Waals surface area contributed by atoms with Crippen molar-refractivity contribution < 1.29 is 17.9 Å². The van der Waals surface area contributed by atoms with Crippen molar-refractivity contribution >= 4 is 56.8 Å². The minimum absolute atomic E-state index is 0.0226. The van der Waals surface area contributed by atoms with Crippen molar-refractivity contribution in [1.29, 1.82) is 0 Å². The van der Waals surface area contributed by atoms with Gasteiger partial charge < -0.3 is 9.64 Å². The Bertz CT molecular complexity index is 1370. The normalized spacial score (nSPS) is 14.1. The Morgan fingerprint density at radius 1 is 1.00 bits per heavy atom. The van der Waals surface area contributed by atoms with Crippen molar-refractivity contribution in [3.05, 3.63) is 100 Å². The monoisotopic (exact) mass is 500 g/mol. The second-order valence-corrected chi connectivity index (χ2v) is 9.46. The lowest BCUT2D eigenvalue weighted by Crippen LogP contribution is -2.34. The second-order valence-electron chi connectivity index (χ2n) is 7.05. The highest BCUT2D eigenvalue weighted by Crippen LogP contribution is 2.32. The van der Waals surface area contributed by atoms with Crippen LogP contribution in [0.5, 0.6) is 0 Å². The number of halogens is 2. The van der Waals surface area contributed by atoms with Crippen LogP contribution in [-0.4, -0.2) is 33.4 Å². The van der Waals surface area contributed by atoms with Crippen LogP contribution in [0.15, 0.2) is 88.2 Å². The smallest absolute Gasteiger partial charge is 0.330 e. The number of ether oxygens (including phenoxy) is 1. The Balaban J connectivity index is 1.54. The number of carbonyl (C=O) groups is 1. The van der Waals surface area contributed by atoms with Crippen LogP contribution in [-0.2, 0) is 19.6 Å². The molecule has 0 aliphatic carbocycles. The molecule has 9 heteroatoms. The molecular weight excluding hydrogens is 483 g/mol. The van der Waals surface area contributed by atoms with Gasteiger partial charge in [-0.3, -0.25) is 0 Å². The van der Waals surface area contributed by atoms with Crippen LogP contribution in [0.4, 0.5) is 5.69 Å². The molecule has 1 heterocycles. The molecule has 33 heavy (non-hydrogen) atoms. The fourth-order valence-electron chi connectivity index (χ4n) is 3.35. The highest BCUT2D eigenvalue weighted by atomic mass is 35.5. The van der Waals surface area contributed by atoms with Gasteiger partial charge >= 0.3 is 5.97 Å². The fraction of sp³-hybridized carbons (Fsp3) is 0.0833. The largest absolute Gasteiger partial charge is 0.461 e. The number of amidine groups is 1. The molecule has 6 nitrogen and oxygen atoms in total. The lowest BCUT2D eigenvalue weighted by Gasteiger charge is -2.25. The van der Waals surface area contributed by atoms with Gasteiger partial charge in [-0.15, -0.1) is 4.40 Å². The SMILES string of the molecule is O=C(/C=C/c1cccc(Cl)c1)OCCN(C1=NS(=O)(=O)c2ccccc21)c1ccccc1Cl. The Hall–Kier alpha value is -3.13. The quantitative estimate of drug-likeness (QED) is 0.343. The van der Waals surface area contributed by atoms with Crippen molar-refractivity contribution in [1.82, 2.24) is 0 Å². The molecule has 0 radical (unpaired) electrons. The molecule has 0 fully saturated rings. The molecule has 0 aromatic heterocycles. The Morgan fingerprint density at radius 2 is 1.76 bits per heavy atom. The molecule has 0 spiro atoms. The molecule has 4 rings (SSSR count). The summed E-state index contributed by atoms with van der Waals surface area (Å²) < 4.78 is 34.4. The Kier molecular flexibility index (Phi) is 6.83. The lowest BCUT2D eigenvalue weighted by atomic mass is 10.1. The van der Waals surface area contributed by atoms with E-state index in [9.17, 15) is 13.2 Å². The average Bonchev–Trinajstić information content (AvgIpc) is 3.07. The van der Waals surface area contributed by atoms with Crippen LogP contribution >= 0.6 is 23.2 Å². The third-order valence-corrected chi connectivity index (χ3v) is 6.71. The van der Waals surface area contributed by atoms with E-state index in [1.54, 1.807) is 71.6 Å². The van der Waals surface area contributed by atoms with E-state index in [0.717, 1.165) is 5.56 Å². The number of esters is 1. The summed E-state index contributed by atoms with van der Waals surface area (Å²) in [5, 5.41) is 0.975. The van der Waals surface area contributed by atoms with Crippen LogP contribution in [0.2, 0.25) is 10.0 Å². The first-order valence-electron chi connectivity index (χ1n) is 9.92. The van der Waals surface area contributed by atoms with Gasteiger partial charge in [0.15, 0.2) is 5.84 Å². The number of carbonyl (C=O) groups excluding carboxylic acids is 1. The molecule has 0 atom stereocenters. The van der Waals surface area contributed by atoms with Gasteiger partial charge in [0.1, 0.15) is 11.5 Å². The number of fused-ring (bicyclic) bond motifs is 1. The maximum Gasteiger partial charge on any atom is 0.330 e. The standard InChI is InChI=1S/C24H18Cl2N2O4S/c25-18-7-5-6-17(16-18)12-13-23(29)32-15-14-28(21-10-3-2-9-20(21)26)24-19-8-1-4-11-22(19)33(30,31)27-24/h1-13,16H,14-15H2/b13-12+. The first-order chi connectivity index (χ1) is 15.8. The minimum Gasteiger partial charge on any atom is -0.461 e. The molecule has 0 saturated heterocycles. The van der Waals surface area contributed by atoms with E-state index in [1.165, 1.54) is 12.1 Å². The summed E-state index contributed by atoms with van der Waals surface area (Å²) in [5.74, 6) is -0.320. The first-order valence-corrected chi connectivity index (χ1v) is 12.1. The summed E-state index contributed by atoms with van der Waals surface area (Å²) >= 11 is 12.3. The molecule has 0 saturated carbocycles. The zero-order chi connectivity index (χ0) is 23.4. The maximum atomic E-state index is 12.6. The van der Waals surface area contributed by atoms with Gasteiger partial charge in [-0.2, -0.15) is 8.42 Å². The number of hydrogen-bond donors (Lipinski definition) is 0. The van der Waals surface area contributed by atoms with E-state index in [4.69, 9.17) is 27.9 Å². The summed E-state index contributed by atoms with van der Waals surface area (Å²) in [6, 6.07) is 20.6. The summed E-state index contributed by atoms with van der Waals surface area (Å²) in [4.78, 5) is 14.0. The number of sulfonamides is 1. The van der Waals surface area contributed by atoms with Gasteiger partial charge in [-0.05, 0) is 48.0 Å². The molecule has 168 valence electrons. The van der Waals surface area contributed by atoms with Crippen LogP contribution in [0.25, 0.3) is 6.08 Å². The van der Waals surface area contributed by atoms with Crippen LogP contribution in [0.3, 0.4) is 0 Å². The third-order valence-electron chi connectivity index (χ3n) is 4.83. The van der Waals surface area contributed by atoms with Gasteiger partial charge in [0.2, 0.25) is 0 Å². The second kappa shape index (κ2) is 9.79. The van der Waals surface area contributed by atoms with Gasteiger partial charge in [0, 0.05) is 16.7 Å². The van der Waals surface area contributed by atoms with Crippen molar-refractivity contribution in [3.8, 4) is 0 Å². The van der Waals surface area contributed by atoms with Gasteiger partial charge in [0.05, 0.1) is 17.3 Å². The number of para-hydroxylation sites is 1. The molecular formula is C24H18Cl2N2O4S. The van der Waals surface area contributed by atoms with Crippen LogP contribution in [0, 0.1) is 0 Å². The fourth-order valence-corrected chi connectivity index (χ4v) is 5.00. The molecule has 0 bridgehead atoms. The molecule has 1 aliphatic rings. The highest BCUT2D eigenvalue weighted by molar-refractivity contribution is 7.90. The zero-order valence-electron chi connectivity index (χ0n) is 17.2. The molecule has 0 amide bonds. The summed E-state index contributed by atoms with van der Waals surface area (Å²) in [5.41, 5.74) is 1.78. The van der Waals surface area contributed by atoms with Crippen LogP contribution in [0.1, 0.15) is 11.1 Å². The lowest BCUT2D eigenvalue weighted by molar-refractivity contribution is -0.137. The summed E-state index contributed by atoms with van der Waals surface area (Å²) in [6.45, 7) is 0.119. The number of benzene rings is 3. The van der Waals surface area contributed by atoms with Crippen molar-refractivity contribution in [3.63, 3.8) is 0 Å². The van der Waals surface area contributed by atoms with Crippen molar-refractivity contribution in [2.45, 2.75) is 4.90 Å². The Labute approximate surface area is 201 Å².